The molecule has 1 aliphatic rings. The van der Waals surface area contributed by atoms with Gasteiger partial charge in [0.25, 0.3) is 0 Å². The summed E-state index contributed by atoms with van der Waals surface area (Å²) in [7, 11) is 0. The van der Waals surface area contributed by atoms with Crippen LogP contribution in [0.4, 0.5) is 0 Å². The molecule has 0 radical (unpaired) electrons. The molecule has 11 heavy (non-hydrogen) atoms. The molecule has 0 amide bonds. The molecule has 1 aliphatic heterocycles. The molecule has 2 heteroatoms. The van der Waals surface area contributed by atoms with Gasteiger partial charge in [-0.05, 0) is 19.8 Å². The van der Waals surface area contributed by atoms with E-state index in [0.717, 1.165) is 5.92 Å². The molecule has 1 nitrogen and oxygen atoms in total. The predicted molar refractivity (Wildman–Crippen MR) is 53.4 cm³/mol. The Hall–Kier alpha value is 0.0200. The van der Waals surface area contributed by atoms with Crippen molar-refractivity contribution < 1.29 is 0 Å². The standard InChI is InChI=1S/C9H17NS/c1-5-6(2)9-10-7(3)8(4)11-9/h6,8-9H,5H2,1-4H3/t6?,8-,9+/m0/s1. The summed E-state index contributed by atoms with van der Waals surface area (Å²) < 4.78 is 0. The molecular weight excluding hydrogens is 154 g/mol. The number of nitrogens with zero attached hydrogens (tertiary/aromatic N) is 1. The fraction of sp³-hybridized carbons (Fsp3) is 0.889. The number of hydrogen-bond donors (Lipinski definition) is 0. The van der Waals surface area contributed by atoms with E-state index in [1.807, 2.05) is 11.8 Å². The summed E-state index contributed by atoms with van der Waals surface area (Å²) in [6, 6.07) is 0. The van der Waals surface area contributed by atoms with Crippen molar-refractivity contribution in [1.82, 2.24) is 0 Å². The van der Waals surface area contributed by atoms with Gasteiger partial charge in [0, 0.05) is 11.0 Å². The summed E-state index contributed by atoms with van der Waals surface area (Å²) in [5, 5.41) is 1.18. The molecule has 0 N–H and O–H groups in total. The van der Waals surface area contributed by atoms with Gasteiger partial charge in [0.1, 0.15) is 0 Å². The fourth-order valence-corrected chi connectivity index (χ4v) is 2.47. The van der Waals surface area contributed by atoms with Gasteiger partial charge >= 0.3 is 0 Å². The van der Waals surface area contributed by atoms with Crippen molar-refractivity contribution in [3.63, 3.8) is 0 Å². The van der Waals surface area contributed by atoms with Gasteiger partial charge in [-0.1, -0.05) is 20.3 Å². The second kappa shape index (κ2) is 3.61. The van der Waals surface area contributed by atoms with Crippen LogP contribution in [0.25, 0.3) is 0 Å². The minimum Gasteiger partial charge on any atom is -0.279 e. The molecule has 64 valence electrons. The third-order valence-electron chi connectivity index (χ3n) is 2.39. The predicted octanol–water partition coefficient (Wildman–Crippen LogP) is 2.95. The summed E-state index contributed by atoms with van der Waals surface area (Å²) in [6.07, 6.45) is 1.24. The number of aliphatic imine (C=N–C) groups is 1. The van der Waals surface area contributed by atoms with E-state index < -0.39 is 0 Å². The Balaban J connectivity index is 2.53. The number of thioether (sulfide) groups is 1. The van der Waals surface area contributed by atoms with Crippen LogP contribution in [-0.4, -0.2) is 16.3 Å². The van der Waals surface area contributed by atoms with Crippen molar-refractivity contribution in [2.24, 2.45) is 10.9 Å². The van der Waals surface area contributed by atoms with Crippen molar-refractivity contribution in [1.29, 1.82) is 0 Å². The zero-order chi connectivity index (χ0) is 8.43. The highest BCUT2D eigenvalue weighted by atomic mass is 32.2. The molecule has 0 aromatic rings. The van der Waals surface area contributed by atoms with Gasteiger partial charge in [-0.3, -0.25) is 4.99 Å². The molecule has 0 aromatic carbocycles. The van der Waals surface area contributed by atoms with Gasteiger partial charge in [-0.15, -0.1) is 11.8 Å². The zero-order valence-corrected chi connectivity index (χ0v) is 8.61. The number of hydrogen-bond acceptors (Lipinski definition) is 2. The molecule has 0 fully saturated rings. The molecule has 0 aromatic heterocycles. The van der Waals surface area contributed by atoms with Gasteiger partial charge in [-0.25, -0.2) is 0 Å². The molecule has 0 saturated carbocycles. The quantitative estimate of drug-likeness (QED) is 0.622. The van der Waals surface area contributed by atoms with E-state index in [1.165, 1.54) is 12.1 Å². The van der Waals surface area contributed by atoms with E-state index in [2.05, 4.69) is 32.7 Å². The summed E-state index contributed by atoms with van der Waals surface area (Å²) in [6.45, 7) is 8.90. The summed E-state index contributed by atoms with van der Waals surface area (Å²) in [4.78, 5) is 4.62. The third kappa shape index (κ3) is 1.98. The highest BCUT2D eigenvalue weighted by Crippen LogP contribution is 2.33. The molecule has 1 unspecified atom stereocenters. The summed E-state index contributed by atoms with van der Waals surface area (Å²) in [5.41, 5.74) is 1.32. The van der Waals surface area contributed by atoms with E-state index in [9.17, 15) is 0 Å². The smallest absolute Gasteiger partial charge is 0.0982 e. The first kappa shape index (κ1) is 9.11. The second-order valence-corrected chi connectivity index (χ2v) is 4.79. The van der Waals surface area contributed by atoms with Crippen molar-refractivity contribution in [3.8, 4) is 0 Å². The van der Waals surface area contributed by atoms with Gasteiger partial charge in [0.05, 0.1) is 5.37 Å². The average Bonchev–Trinajstić information content (AvgIpc) is 2.31. The molecule has 0 spiro atoms. The van der Waals surface area contributed by atoms with E-state index in [-0.39, 0.29) is 0 Å². The van der Waals surface area contributed by atoms with Crippen LogP contribution in [0.2, 0.25) is 0 Å². The normalized spacial score (nSPS) is 33.6. The highest BCUT2D eigenvalue weighted by Gasteiger charge is 2.25. The van der Waals surface area contributed by atoms with Crippen LogP contribution < -0.4 is 0 Å². The molecule has 3 atom stereocenters. The third-order valence-corrected chi connectivity index (χ3v) is 3.99. The van der Waals surface area contributed by atoms with Crippen LogP contribution in [-0.2, 0) is 0 Å². The first-order valence-electron chi connectivity index (χ1n) is 4.35. The van der Waals surface area contributed by atoms with Crippen LogP contribution in [0.3, 0.4) is 0 Å². The molecule has 1 rings (SSSR count). The topological polar surface area (TPSA) is 12.4 Å². The van der Waals surface area contributed by atoms with E-state index in [1.54, 1.807) is 0 Å². The Morgan fingerprint density at radius 3 is 2.64 bits per heavy atom. The lowest BCUT2D eigenvalue weighted by Crippen LogP contribution is -2.08. The van der Waals surface area contributed by atoms with Gasteiger partial charge in [0.2, 0.25) is 0 Å². The van der Waals surface area contributed by atoms with Crippen molar-refractivity contribution in [2.75, 3.05) is 0 Å². The van der Waals surface area contributed by atoms with E-state index >= 15 is 0 Å². The van der Waals surface area contributed by atoms with Gasteiger partial charge < -0.3 is 0 Å². The summed E-state index contributed by atoms with van der Waals surface area (Å²) >= 11 is 2.00. The minimum atomic E-state index is 0.537. The molecule has 1 heterocycles. The molecule has 0 aliphatic carbocycles. The fourth-order valence-electron chi connectivity index (χ4n) is 1.11. The van der Waals surface area contributed by atoms with Crippen molar-refractivity contribution in [3.05, 3.63) is 0 Å². The van der Waals surface area contributed by atoms with E-state index in [0.29, 0.717) is 10.6 Å². The maximum Gasteiger partial charge on any atom is 0.0982 e. The Kier molecular flexibility index (Phi) is 2.99. The monoisotopic (exact) mass is 171 g/mol. The summed E-state index contributed by atoms with van der Waals surface area (Å²) in [5.74, 6) is 0.736. The van der Waals surface area contributed by atoms with Crippen LogP contribution in [0.1, 0.15) is 34.1 Å². The number of rotatable bonds is 2. The lowest BCUT2D eigenvalue weighted by atomic mass is 10.1. The Labute approximate surface area is 73.7 Å². The first-order chi connectivity index (χ1) is 5.15. The highest BCUT2D eigenvalue weighted by molar-refractivity contribution is 8.01. The van der Waals surface area contributed by atoms with Crippen molar-refractivity contribution >= 4 is 17.5 Å². The van der Waals surface area contributed by atoms with Crippen LogP contribution >= 0.6 is 11.8 Å². The second-order valence-electron chi connectivity index (χ2n) is 3.32. The maximum atomic E-state index is 4.62. The van der Waals surface area contributed by atoms with E-state index in [4.69, 9.17) is 0 Å². The molecule has 0 bridgehead atoms. The largest absolute Gasteiger partial charge is 0.279 e. The lowest BCUT2D eigenvalue weighted by molar-refractivity contribution is 0.549. The Bertz CT molecular complexity index is 165. The Morgan fingerprint density at radius 2 is 2.27 bits per heavy atom. The SMILES string of the molecule is CCC(C)[C@@H]1N=C(C)[C@H](C)S1. The average molecular weight is 171 g/mol. The zero-order valence-electron chi connectivity index (χ0n) is 7.79. The van der Waals surface area contributed by atoms with Gasteiger partial charge in [-0.2, -0.15) is 0 Å². The van der Waals surface area contributed by atoms with Crippen LogP contribution in [0, 0.1) is 5.92 Å². The van der Waals surface area contributed by atoms with Crippen LogP contribution in [0.5, 0.6) is 0 Å². The lowest BCUT2D eigenvalue weighted by Gasteiger charge is -2.13. The molecular formula is C9H17NS. The van der Waals surface area contributed by atoms with Crippen molar-refractivity contribution in [2.45, 2.75) is 44.7 Å². The Morgan fingerprint density at radius 1 is 1.64 bits per heavy atom. The molecule has 0 saturated heterocycles. The first-order valence-corrected chi connectivity index (χ1v) is 5.29. The van der Waals surface area contributed by atoms with Gasteiger partial charge in [0.15, 0.2) is 0 Å². The van der Waals surface area contributed by atoms with Crippen LogP contribution in [0.15, 0.2) is 4.99 Å². The minimum absolute atomic E-state index is 0.537. The maximum absolute atomic E-state index is 4.62.